The van der Waals surface area contributed by atoms with Crippen molar-refractivity contribution < 1.29 is 9.59 Å². The molecule has 1 aliphatic rings. The van der Waals surface area contributed by atoms with Gasteiger partial charge in [-0.05, 0) is 23.6 Å². The highest BCUT2D eigenvalue weighted by atomic mass is 16.2. The molecule has 22 heavy (non-hydrogen) atoms. The second kappa shape index (κ2) is 6.39. The van der Waals surface area contributed by atoms with Crippen molar-refractivity contribution >= 4 is 17.8 Å². The minimum Gasteiger partial charge on any atom is -0.331 e. The summed E-state index contributed by atoms with van der Waals surface area (Å²) < 4.78 is 0. The van der Waals surface area contributed by atoms with Gasteiger partial charge in [-0.25, -0.2) is 0 Å². The zero-order valence-corrected chi connectivity index (χ0v) is 12.2. The zero-order chi connectivity index (χ0) is 15.4. The van der Waals surface area contributed by atoms with Gasteiger partial charge in [0.1, 0.15) is 0 Å². The molecular formula is C19H17NO2. The van der Waals surface area contributed by atoms with E-state index in [1.165, 1.54) is 5.56 Å². The highest BCUT2D eigenvalue weighted by Crippen LogP contribution is 2.17. The number of amides is 1. The Balaban J connectivity index is 1.69. The van der Waals surface area contributed by atoms with Gasteiger partial charge in [-0.3, -0.25) is 9.59 Å². The molecule has 1 aliphatic heterocycles. The monoisotopic (exact) mass is 291 g/mol. The Hall–Kier alpha value is -2.68. The number of rotatable bonds is 4. The van der Waals surface area contributed by atoms with Crippen LogP contribution in [0.4, 0.5) is 0 Å². The lowest BCUT2D eigenvalue weighted by Crippen LogP contribution is -2.29. The fourth-order valence-corrected chi connectivity index (χ4v) is 2.58. The van der Waals surface area contributed by atoms with E-state index in [9.17, 15) is 9.59 Å². The maximum absolute atomic E-state index is 12.1. The SMILES string of the molecule is O=C1C(=O)N(CCc2ccccc2)CC1=Cc1ccccc1. The number of Topliss-reactive ketones (excluding diaryl/α,β-unsaturated/α-hetero) is 1. The molecule has 0 aliphatic carbocycles. The largest absolute Gasteiger partial charge is 0.331 e. The third-order valence-electron chi connectivity index (χ3n) is 3.79. The van der Waals surface area contributed by atoms with Gasteiger partial charge in [-0.15, -0.1) is 0 Å². The average molecular weight is 291 g/mol. The van der Waals surface area contributed by atoms with Gasteiger partial charge < -0.3 is 4.90 Å². The van der Waals surface area contributed by atoms with Crippen LogP contribution < -0.4 is 0 Å². The van der Waals surface area contributed by atoms with E-state index in [-0.39, 0.29) is 5.78 Å². The predicted molar refractivity (Wildman–Crippen MR) is 86.2 cm³/mol. The first-order valence-corrected chi connectivity index (χ1v) is 7.37. The van der Waals surface area contributed by atoms with Crippen molar-refractivity contribution in [2.24, 2.45) is 0 Å². The quantitative estimate of drug-likeness (QED) is 0.641. The minimum absolute atomic E-state index is 0.378. The highest BCUT2D eigenvalue weighted by molar-refractivity contribution is 6.45. The van der Waals surface area contributed by atoms with E-state index in [2.05, 4.69) is 0 Å². The molecule has 1 saturated heterocycles. The topological polar surface area (TPSA) is 37.4 Å². The third-order valence-corrected chi connectivity index (χ3v) is 3.79. The van der Waals surface area contributed by atoms with Gasteiger partial charge in [-0.2, -0.15) is 0 Å². The van der Waals surface area contributed by atoms with E-state index in [0.29, 0.717) is 18.7 Å². The molecule has 1 fully saturated rings. The Bertz CT molecular complexity index is 705. The summed E-state index contributed by atoms with van der Waals surface area (Å²) >= 11 is 0. The van der Waals surface area contributed by atoms with Crippen molar-refractivity contribution in [3.8, 4) is 0 Å². The van der Waals surface area contributed by atoms with Gasteiger partial charge in [0.25, 0.3) is 5.91 Å². The van der Waals surface area contributed by atoms with Crippen LogP contribution in [0, 0.1) is 0 Å². The van der Waals surface area contributed by atoms with Crippen molar-refractivity contribution in [2.45, 2.75) is 6.42 Å². The zero-order valence-electron chi connectivity index (χ0n) is 12.2. The van der Waals surface area contributed by atoms with Gasteiger partial charge in [0.05, 0.1) is 6.54 Å². The molecule has 0 aromatic heterocycles. The van der Waals surface area contributed by atoms with Crippen molar-refractivity contribution in [1.29, 1.82) is 0 Å². The summed E-state index contributed by atoms with van der Waals surface area (Å²) in [5.74, 6) is -0.768. The van der Waals surface area contributed by atoms with E-state index < -0.39 is 5.91 Å². The predicted octanol–water partition coefficient (Wildman–Crippen LogP) is 2.72. The Labute approximate surface area is 129 Å². The summed E-state index contributed by atoms with van der Waals surface area (Å²) in [7, 11) is 0. The van der Waals surface area contributed by atoms with Crippen LogP contribution in [0.25, 0.3) is 6.08 Å². The maximum Gasteiger partial charge on any atom is 0.294 e. The molecule has 1 amide bonds. The lowest BCUT2D eigenvalue weighted by molar-refractivity contribution is -0.139. The standard InChI is InChI=1S/C19H17NO2/c21-18-17(13-16-9-5-2-6-10-16)14-20(19(18)22)12-11-15-7-3-1-4-8-15/h1-10,13H,11-12,14H2. The van der Waals surface area contributed by atoms with Gasteiger partial charge in [-0.1, -0.05) is 60.7 Å². The fourth-order valence-electron chi connectivity index (χ4n) is 2.58. The highest BCUT2D eigenvalue weighted by Gasteiger charge is 2.33. The van der Waals surface area contributed by atoms with Crippen molar-refractivity contribution in [2.75, 3.05) is 13.1 Å². The van der Waals surface area contributed by atoms with E-state index >= 15 is 0 Å². The molecule has 3 nitrogen and oxygen atoms in total. The van der Waals surface area contributed by atoms with Crippen LogP contribution in [-0.4, -0.2) is 29.7 Å². The summed E-state index contributed by atoms with van der Waals surface area (Å²) in [6, 6.07) is 19.6. The second-order valence-corrected chi connectivity index (χ2v) is 5.37. The normalized spacial score (nSPS) is 16.5. The average Bonchev–Trinajstić information content (AvgIpc) is 2.83. The lowest BCUT2D eigenvalue weighted by Gasteiger charge is -2.13. The first-order chi connectivity index (χ1) is 10.7. The number of nitrogens with zero attached hydrogens (tertiary/aromatic N) is 1. The third kappa shape index (κ3) is 3.14. The molecule has 2 aromatic rings. The molecule has 110 valence electrons. The summed E-state index contributed by atoms with van der Waals surface area (Å²) in [6.07, 6.45) is 2.57. The number of hydrogen-bond donors (Lipinski definition) is 0. The lowest BCUT2D eigenvalue weighted by atomic mass is 10.1. The molecule has 3 heteroatoms. The van der Waals surface area contributed by atoms with Gasteiger partial charge in [0.15, 0.2) is 0 Å². The fraction of sp³-hybridized carbons (Fsp3) is 0.158. The summed E-state index contributed by atoms with van der Waals surface area (Å²) in [5.41, 5.74) is 2.69. The number of benzene rings is 2. The van der Waals surface area contributed by atoms with Crippen LogP contribution >= 0.6 is 0 Å². The number of hydrogen-bond acceptors (Lipinski definition) is 2. The summed E-state index contributed by atoms with van der Waals surface area (Å²) in [4.78, 5) is 25.8. The molecule has 1 heterocycles. The number of carbonyl (C=O) groups is 2. The summed E-state index contributed by atoms with van der Waals surface area (Å²) in [6.45, 7) is 0.972. The van der Waals surface area contributed by atoms with E-state index in [0.717, 1.165) is 12.0 Å². The Kier molecular flexibility index (Phi) is 4.15. The van der Waals surface area contributed by atoms with Gasteiger partial charge in [0.2, 0.25) is 5.78 Å². The van der Waals surface area contributed by atoms with Crippen LogP contribution in [0.2, 0.25) is 0 Å². The molecule has 0 atom stereocenters. The molecule has 3 rings (SSSR count). The van der Waals surface area contributed by atoms with Crippen LogP contribution in [-0.2, 0) is 16.0 Å². The van der Waals surface area contributed by atoms with E-state index in [1.807, 2.05) is 66.7 Å². The smallest absolute Gasteiger partial charge is 0.294 e. The summed E-state index contributed by atoms with van der Waals surface area (Å²) in [5, 5.41) is 0. The van der Waals surface area contributed by atoms with Crippen LogP contribution in [0.5, 0.6) is 0 Å². The second-order valence-electron chi connectivity index (χ2n) is 5.37. The minimum atomic E-state index is -0.391. The molecular weight excluding hydrogens is 274 g/mol. The maximum atomic E-state index is 12.1. The van der Waals surface area contributed by atoms with Crippen molar-refractivity contribution in [1.82, 2.24) is 4.90 Å². The first-order valence-electron chi connectivity index (χ1n) is 7.37. The van der Waals surface area contributed by atoms with Crippen LogP contribution in [0.1, 0.15) is 11.1 Å². The number of carbonyl (C=O) groups excluding carboxylic acids is 2. The van der Waals surface area contributed by atoms with Crippen LogP contribution in [0.15, 0.2) is 66.2 Å². The molecule has 0 bridgehead atoms. The molecule has 0 radical (unpaired) electrons. The number of likely N-dealkylation sites (tertiary alicyclic amines) is 1. The van der Waals surface area contributed by atoms with Crippen molar-refractivity contribution in [3.63, 3.8) is 0 Å². The molecule has 2 aromatic carbocycles. The molecule has 0 N–H and O–H groups in total. The van der Waals surface area contributed by atoms with Crippen LogP contribution in [0.3, 0.4) is 0 Å². The Morgan fingerprint density at radius 2 is 1.55 bits per heavy atom. The van der Waals surface area contributed by atoms with E-state index in [1.54, 1.807) is 4.90 Å². The molecule has 0 unspecified atom stereocenters. The molecule has 0 saturated carbocycles. The van der Waals surface area contributed by atoms with Crippen molar-refractivity contribution in [3.05, 3.63) is 77.4 Å². The van der Waals surface area contributed by atoms with Gasteiger partial charge in [0, 0.05) is 12.1 Å². The Morgan fingerprint density at radius 3 is 2.23 bits per heavy atom. The Morgan fingerprint density at radius 1 is 0.909 bits per heavy atom. The van der Waals surface area contributed by atoms with E-state index in [4.69, 9.17) is 0 Å². The number of ketones is 1. The first kappa shape index (κ1) is 14.3. The van der Waals surface area contributed by atoms with Gasteiger partial charge >= 0.3 is 0 Å². The molecule has 0 spiro atoms.